The van der Waals surface area contributed by atoms with Gasteiger partial charge in [-0.1, -0.05) is 19.9 Å². The van der Waals surface area contributed by atoms with Crippen LogP contribution in [0.25, 0.3) is 0 Å². The molecule has 1 aliphatic heterocycles. The number of ether oxygens (including phenoxy) is 2. The van der Waals surface area contributed by atoms with Crippen molar-refractivity contribution in [3.8, 4) is 11.5 Å². The summed E-state index contributed by atoms with van der Waals surface area (Å²) < 4.78 is 11.1. The quantitative estimate of drug-likeness (QED) is 0.746. The van der Waals surface area contributed by atoms with Gasteiger partial charge in [-0.2, -0.15) is 0 Å². The van der Waals surface area contributed by atoms with Gasteiger partial charge in [-0.3, -0.25) is 0 Å². The molecular weight excluding hydrogens is 236 g/mol. The standard InChI is InChI=1S/C14H17ClO2/c1-14(2)8-10(14)13(15)9-3-4-11-12(7-9)17-6-5-16-11/h3-4,7,10,13H,5-6,8H2,1-2H3. The molecule has 0 N–H and O–H groups in total. The van der Waals surface area contributed by atoms with E-state index in [0.717, 1.165) is 17.1 Å². The van der Waals surface area contributed by atoms with E-state index in [4.69, 9.17) is 21.1 Å². The monoisotopic (exact) mass is 252 g/mol. The van der Waals surface area contributed by atoms with Gasteiger partial charge < -0.3 is 9.47 Å². The van der Waals surface area contributed by atoms with Gasteiger partial charge in [0.15, 0.2) is 11.5 Å². The van der Waals surface area contributed by atoms with E-state index in [0.29, 0.717) is 24.5 Å². The maximum absolute atomic E-state index is 6.53. The lowest BCUT2D eigenvalue weighted by Gasteiger charge is -2.20. The molecule has 1 aliphatic carbocycles. The fraction of sp³-hybridized carbons (Fsp3) is 0.571. The molecule has 1 saturated carbocycles. The highest BCUT2D eigenvalue weighted by atomic mass is 35.5. The predicted molar refractivity (Wildman–Crippen MR) is 67.9 cm³/mol. The lowest BCUT2D eigenvalue weighted by Crippen LogP contribution is -2.15. The smallest absolute Gasteiger partial charge is 0.161 e. The molecule has 0 aromatic heterocycles. The second-order valence-corrected chi connectivity index (χ2v) is 6.07. The summed E-state index contributed by atoms with van der Waals surface area (Å²) in [5.41, 5.74) is 1.53. The summed E-state index contributed by atoms with van der Waals surface area (Å²) in [5.74, 6) is 2.24. The third-order valence-corrected chi connectivity index (χ3v) is 4.38. The predicted octanol–water partition coefficient (Wildman–Crippen LogP) is 3.78. The summed E-state index contributed by atoms with van der Waals surface area (Å²) >= 11 is 6.53. The summed E-state index contributed by atoms with van der Waals surface area (Å²) in [7, 11) is 0. The Bertz CT molecular complexity index is 442. The lowest BCUT2D eigenvalue weighted by atomic mass is 10.0. The summed E-state index contributed by atoms with van der Waals surface area (Å²) in [6.45, 7) is 5.79. The molecule has 0 amide bonds. The third kappa shape index (κ3) is 1.99. The Balaban J connectivity index is 1.84. The van der Waals surface area contributed by atoms with E-state index in [2.05, 4.69) is 19.9 Å². The first kappa shape index (κ1) is 11.2. The average Bonchev–Trinajstić information content (AvgIpc) is 2.97. The fourth-order valence-electron chi connectivity index (χ4n) is 2.47. The number of hydrogen-bond donors (Lipinski definition) is 0. The third-order valence-electron chi connectivity index (χ3n) is 3.83. The van der Waals surface area contributed by atoms with Gasteiger partial charge in [-0.25, -0.2) is 0 Å². The molecule has 1 aromatic carbocycles. The van der Waals surface area contributed by atoms with E-state index in [9.17, 15) is 0 Å². The van der Waals surface area contributed by atoms with Crippen molar-refractivity contribution in [1.29, 1.82) is 0 Å². The molecule has 17 heavy (non-hydrogen) atoms. The molecule has 0 spiro atoms. The molecule has 2 atom stereocenters. The number of hydrogen-bond acceptors (Lipinski definition) is 2. The Hall–Kier alpha value is -0.890. The zero-order valence-corrected chi connectivity index (χ0v) is 11.0. The van der Waals surface area contributed by atoms with E-state index in [1.165, 1.54) is 6.42 Å². The molecule has 1 heterocycles. The van der Waals surface area contributed by atoms with Crippen molar-refractivity contribution >= 4 is 11.6 Å². The van der Waals surface area contributed by atoms with Gasteiger partial charge in [-0.05, 0) is 35.4 Å². The minimum atomic E-state index is 0.0841. The summed E-state index contributed by atoms with van der Waals surface area (Å²) in [6.07, 6.45) is 1.20. The molecule has 3 rings (SSSR count). The molecular formula is C14H17ClO2. The van der Waals surface area contributed by atoms with Gasteiger partial charge in [-0.15, -0.1) is 11.6 Å². The largest absolute Gasteiger partial charge is 0.486 e. The Morgan fingerprint density at radius 3 is 2.53 bits per heavy atom. The van der Waals surface area contributed by atoms with E-state index in [-0.39, 0.29) is 5.38 Å². The summed E-state index contributed by atoms with van der Waals surface area (Å²) in [5, 5.41) is 0.0841. The maximum atomic E-state index is 6.53. The maximum Gasteiger partial charge on any atom is 0.161 e. The highest BCUT2D eigenvalue weighted by Crippen LogP contribution is 2.60. The van der Waals surface area contributed by atoms with Crippen LogP contribution in [0.1, 0.15) is 31.2 Å². The molecule has 1 fully saturated rings. The highest BCUT2D eigenvalue weighted by molar-refractivity contribution is 6.21. The molecule has 0 bridgehead atoms. The van der Waals surface area contributed by atoms with Gasteiger partial charge in [0, 0.05) is 0 Å². The normalized spacial score (nSPS) is 26.4. The Morgan fingerprint density at radius 2 is 1.88 bits per heavy atom. The van der Waals surface area contributed by atoms with Crippen LogP contribution in [0.4, 0.5) is 0 Å². The van der Waals surface area contributed by atoms with Crippen molar-refractivity contribution in [2.45, 2.75) is 25.6 Å². The molecule has 3 heteroatoms. The number of benzene rings is 1. The van der Waals surface area contributed by atoms with Gasteiger partial charge >= 0.3 is 0 Å². The van der Waals surface area contributed by atoms with Crippen LogP contribution in [0.5, 0.6) is 11.5 Å². The van der Waals surface area contributed by atoms with Crippen molar-refractivity contribution in [1.82, 2.24) is 0 Å². The lowest BCUT2D eigenvalue weighted by molar-refractivity contribution is 0.171. The van der Waals surface area contributed by atoms with Crippen LogP contribution in [0.2, 0.25) is 0 Å². The molecule has 2 nitrogen and oxygen atoms in total. The van der Waals surface area contributed by atoms with E-state index < -0.39 is 0 Å². The molecule has 92 valence electrons. The van der Waals surface area contributed by atoms with Gasteiger partial charge in [0.25, 0.3) is 0 Å². The average molecular weight is 253 g/mol. The number of rotatable bonds is 2. The topological polar surface area (TPSA) is 18.5 Å². The molecule has 0 saturated heterocycles. The van der Waals surface area contributed by atoms with Crippen LogP contribution >= 0.6 is 11.6 Å². The highest BCUT2D eigenvalue weighted by Gasteiger charge is 2.50. The number of halogens is 1. The summed E-state index contributed by atoms with van der Waals surface area (Å²) in [6, 6.07) is 6.05. The van der Waals surface area contributed by atoms with Crippen LogP contribution in [0, 0.1) is 11.3 Å². The Kier molecular flexibility index (Phi) is 2.51. The second kappa shape index (κ2) is 3.81. The van der Waals surface area contributed by atoms with E-state index in [1.54, 1.807) is 0 Å². The minimum Gasteiger partial charge on any atom is -0.486 e. The van der Waals surface area contributed by atoms with Crippen LogP contribution in [-0.2, 0) is 0 Å². The molecule has 2 unspecified atom stereocenters. The fourth-order valence-corrected chi connectivity index (χ4v) is 3.04. The van der Waals surface area contributed by atoms with Crippen molar-refractivity contribution in [3.63, 3.8) is 0 Å². The van der Waals surface area contributed by atoms with E-state index in [1.807, 2.05) is 12.1 Å². The van der Waals surface area contributed by atoms with Crippen LogP contribution in [-0.4, -0.2) is 13.2 Å². The van der Waals surface area contributed by atoms with Crippen LogP contribution in [0.15, 0.2) is 18.2 Å². The summed E-state index contributed by atoms with van der Waals surface area (Å²) in [4.78, 5) is 0. The van der Waals surface area contributed by atoms with E-state index >= 15 is 0 Å². The Morgan fingerprint density at radius 1 is 1.24 bits per heavy atom. The van der Waals surface area contributed by atoms with Crippen LogP contribution < -0.4 is 9.47 Å². The first-order valence-corrected chi connectivity index (χ1v) is 6.55. The zero-order chi connectivity index (χ0) is 12.0. The first-order chi connectivity index (χ1) is 8.08. The molecule has 2 aliphatic rings. The van der Waals surface area contributed by atoms with Crippen molar-refractivity contribution in [2.24, 2.45) is 11.3 Å². The van der Waals surface area contributed by atoms with Gasteiger partial charge in [0.1, 0.15) is 13.2 Å². The number of alkyl halides is 1. The second-order valence-electron chi connectivity index (χ2n) is 5.60. The zero-order valence-electron chi connectivity index (χ0n) is 10.2. The van der Waals surface area contributed by atoms with Crippen molar-refractivity contribution < 1.29 is 9.47 Å². The van der Waals surface area contributed by atoms with Crippen molar-refractivity contribution in [2.75, 3.05) is 13.2 Å². The number of fused-ring (bicyclic) bond motifs is 1. The molecule has 1 aromatic rings. The Labute approximate surface area is 107 Å². The van der Waals surface area contributed by atoms with Gasteiger partial charge in [0.05, 0.1) is 5.38 Å². The van der Waals surface area contributed by atoms with Crippen molar-refractivity contribution in [3.05, 3.63) is 23.8 Å². The molecule has 0 radical (unpaired) electrons. The van der Waals surface area contributed by atoms with Gasteiger partial charge in [0.2, 0.25) is 0 Å². The van der Waals surface area contributed by atoms with Crippen LogP contribution in [0.3, 0.4) is 0 Å². The minimum absolute atomic E-state index is 0.0841. The first-order valence-electron chi connectivity index (χ1n) is 6.11. The SMILES string of the molecule is CC1(C)CC1C(Cl)c1ccc2c(c1)OCCO2.